The lowest BCUT2D eigenvalue weighted by atomic mass is 10.2. The maximum Gasteiger partial charge on any atom is 0.233 e. The third-order valence-corrected chi connectivity index (χ3v) is 3.49. The van der Waals surface area contributed by atoms with Gasteiger partial charge in [0.15, 0.2) is 0 Å². The van der Waals surface area contributed by atoms with Crippen LogP contribution in [-0.4, -0.2) is 23.8 Å². The number of hydrogen-bond acceptors (Lipinski definition) is 2. The third-order valence-electron chi connectivity index (χ3n) is 3.20. The SMILES string of the molecule is CN(Cc1ccccc1)C(=O)CC(=O)Nc1ccc(F)c(Cl)c1. The van der Waals surface area contributed by atoms with Crippen molar-refractivity contribution >= 4 is 29.1 Å². The first-order chi connectivity index (χ1) is 11.0. The molecule has 2 rings (SSSR count). The standard InChI is InChI=1S/C17H16ClFN2O2/c1-21(11-12-5-3-2-4-6-12)17(23)10-16(22)20-13-7-8-15(19)14(18)9-13/h2-9H,10-11H2,1H3,(H,20,22). The highest BCUT2D eigenvalue weighted by atomic mass is 35.5. The Kier molecular flexibility index (Phi) is 5.71. The first-order valence-electron chi connectivity index (χ1n) is 6.98. The van der Waals surface area contributed by atoms with Crippen molar-refractivity contribution in [1.29, 1.82) is 0 Å². The summed E-state index contributed by atoms with van der Waals surface area (Å²) in [5.74, 6) is -1.35. The zero-order valence-corrected chi connectivity index (χ0v) is 13.3. The second-order valence-corrected chi connectivity index (χ2v) is 5.50. The van der Waals surface area contributed by atoms with Crippen LogP contribution in [0.5, 0.6) is 0 Å². The molecule has 0 fully saturated rings. The monoisotopic (exact) mass is 334 g/mol. The summed E-state index contributed by atoms with van der Waals surface area (Å²) in [6.45, 7) is 0.426. The zero-order valence-electron chi connectivity index (χ0n) is 12.6. The molecule has 4 nitrogen and oxygen atoms in total. The molecule has 2 amide bonds. The molecule has 0 unspecified atom stereocenters. The Labute approximate surface area is 138 Å². The van der Waals surface area contributed by atoms with Crippen LogP contribution in [0, 0.1) is 5.82 Å². The van der Waals surface area contributed by atoms with E-state index in [-0.39, 0.29) is 17.4 Å². The first-order valence-corrected chi connectivity index (χ1v) is 7.36. The third kappa shape index (κ3) is 5.07. The zero-order chi connectivity index (χ0) is 16.8. The average Bonchev–Trinajstić information content (AvgIpc) is 2.51. The Bertz CT molecular complexity index is 707. The van der Waals surface area contributed by atoms with E-state index in [0.717, 1.165) is 11.6 Å². The van der Waals surface area contributed by atoms with Gasteiger partial charge >= 0.3 is 0 Å². The van der Waals surface area contributed by atoms with Crippen molar-refractivity contribution < 1.29 is 14.0 Å². The number of hydrogen-bond donors (Lipinski definition) is 1. The van der Waals surface area contributed by atoms with E-state index >= 15 is 0 Å². The molecule has 0 aliphatic rings. The van der Waals surface area contributed by atoms with Gasteiger partial charge in [-0.1, -0.05) is 41.9 Å². The summed E-state index contributed by atoms with van der Waals surface area (Å²) in [4.78, 5) is 25.4. The van der Waals surface area contributed by atoms with E-state index in [1.807, 2.05) is 30.3 Å². The molecule has 0 radical (unpaired) electrons. The van der Waals surface area contributed by atoms with Gasteiger partial charge in [0.25, 0.3) is 0 Å². The molecule has 0 atom stereocenters. The van der Waals surface area contributed by atoms with Gasteiger partial charge in [-0.05, 0) is 23.8 Å². The molecule has 0 aliphatic carbocycles. The molecule has 0 aromatic heterocycles. The minimum Gasteiger partial charge on any atom is -0.341 e. The molecule has 120 valence electrons. The van der Waals surface area contributed by atoms with Gasteiger partial charge in [-0.2, -0.15) is 0 Å². The van der Waals surface area contributed by atoms with Crippen LogP contribution in [0.2, 0.25) is 5.02 Å². The summed E-state index contributed by atoms with van der Waals surface area (Å²) in [6.07, 6.45) is -0.293. The number of halogens is 2. The van der Waals surface area contributed by atoms with E-state index in [0.29, 0.717) is 12.2 Å². The van der Waals surface area contributed by atoms with E-state index in [2.05, 4.69) is 5.32 Å². The van der Waals surface area contributed by atoms with Crippen LogP contribution in [0.3, 0.4) is 0 Å². The average molecular weight is 335 g/mol. The fraction of sp³-hybridized carbons (Fsp3) is 0.176. The predicted molar refractivity (Wildman–Crippen MR) is 87.6 cm³/mol. The predicted octanol–water partition coefficient (Wildman–Crippen LogP) is 3.47. The quantitative estimate of drug-likeness (QED) is 0.851. The number of benzene rings is 2. The first kappa shape index (κ1) is 17.0. The van der Waals surface area contributed by atoms with E-state index in [1.54, 1.807) is 7.05 Å². The number of carbonyl (C=O) groups excluding carboxylic acids is 2. The van der Waals surface area contributed by atoms with Crippen molar-refractivity contribution in [2.24, 2.45) is 0 Å². The maximum atomic E-state index is 13.1. The van der Waals surface area contributed by atoms with E-state index in [4.69, 9.17) is 11.6 Å². The minimum absolute atomic E-state index is 0.0877. The number of anilines is 1. The molecule has 2 aromatic rings. The number of nitrogens with zero attached hydrogens (tertiary/aromatic N) is 1. The summed E-state index contributed by atoms with van der Waals surface area (Å²) in [5, 5.41) is 2.43. The van der Waals surface area contributed by atoms with Gasteiger partial charge in [0.05, 0.1) is 5.02 Å². The van der Waals surface area contributed by atoms with Gasteiger partial charge < -0.3 is 10.2 Å². The second-order valence-electron chi connectivity index (χ2n) is 5.09. The van der Waals surface area contributed by atoms with Crippen LogP contribution >= 0.6 is 11.6 Å². The van der Waals surface area contributed by atoms with Gasteiger partial charge in [-0.3, -0.25) is 9.59 Å². The molecule has 0 saturated carbocycles. The lowest BCUT2D eigenvalue weighted by molar-refractivity contribution is -0.133. The van der Waals surface area contributed by atoms with Crippen molar-refractivity contribution in [1.82, 2.24) is 4.90 Å². The summed E-state index contributed by atoms with van der Waals surface area (Å²) in [7, 11) is 1.64. The van der Waals surface area contributed by atoms with E-state index in [1.165, 1.54) is 17.0 Å². The Hall–Kier alpha value is -2.40. The van der Waals surface area contributed by atoms with Crippen LogP contribution in [0.1, 0.15) is 12.0 Å². The highest BCUT2D eigenvalue weighted by Crippen LogP contribution is 2.19. The molecule has 0 saturated heterocycles. The molecular weight excluding hydrogens is 319 g/mol. The van der Waals surface area contributed by atoms with Gasteiger partial charge in [0, 0.05) is 19.3 Å². The fourth-order valence-electron chi connectivity index (χ4n) is 2.00. The molecule has 0 spiro atoms. The Morgan fingerprint density at radius 3 is 2.52 bits per heavy atom. The molecule has 0 bridgehead atoms. The Morgan fingerprint density at radius 2 is 1.87 bits per heavy atom. The van der Waals surface area contributed by atoms with Crippen LogP contribution < -0.4 is 5.32 Å². The number of carbonyl (C=O) groups is 2. The lowest BCUT2D eigenvalue weighted by Crippen LogP contribution is -2.30. The highest BCUT2D eigenvalue weighted by molar-refractivity contribution is 6.31. The van der Waals surface area contributed by atoms with Crippen molar-refractivity contribution in [3.63, 3.8) is 0 Å². The summed E-state index contributed by atoms with van der Waals surface area (Å²) in [5.41, 5.74) is 1.33. The Morgan fingerprint density at radius 1 is 1.17 bits per heavy atom. The molecule has 1 N–H and O–H groups in total. The molecule has 23 heavy (non-hydrogen) atoms. The molecule has 0 heterocycles. The van der Waals surface area contributed by atoms with Crippen molar-refractivity contribution in [3.8, 4) is 0 Å². The smallest absolute Gasteiger partial charge is 0.233 e. The van der Waals surface area contributed by atoms with Crippen molar-refractivity contribution in [3.05, 3.63) is 64.9 Å². The van der Waals surface area contributed by atoms with E-state index in [9.17, 15) is 14.0 Å². The van der Waals surface area contributed by atoms with Crippen LogP contribution in [0.4, 0.5) is 10.1 Å². The van der Waals surface area contributed by atoms with Crippen LogP contribution in [0.15, 0.2) is 48.5 Å². The number of rotatable bonds is 5. The maximum absolute atomic E-state index is 13.1. The topological polar surface area (TPSA) is 49.4 Å². The van der Waals surface area contributed by atoms with Crippen molar-refractivity contribution in [2.75, 3.05) is 12.4 Å². The van der Waals surface area contributed by atoms with E-state index < -0.39 is 11.7 Å². The van der Waals surface area contributed by atoms with Gasteiger partial charge in [0.1, 0.15) is 12.2 Å². The molecular formula is C17H16ClFN2O2. The normalized spacial score (nSPS) is 10.2. The molecule has 0 aliphatic heterocycles. The fourth-order valence-corrected chi connectivity index (χ4v) is 2.18. The Balaban J connectivity index is 1.88. The summed E-state index contributed by atoms with van der Waals surface area (Å²) in [6, 6.07) is 13.3. The second kappa shape index (κ2) is 7.74. The number of amides is 2. The summed E-state index contributed by atoms with van der Waals surface area (Å²) >= 11 is 5.64. The largest absolute Gasteiger partial charge is 0.341 e. The number of nitrogens with one attached hydrogen (secondary N) is 1. The van der Waals surface area contributed by atoms with Gasteiger partial charge in [0.2, 0.25) is 11.8 Å². The lowest BCUT2D eigenvalue weighted by Gasteiger charge is -2.17. The van der Waals surface area contributed by atoms with Crippen molar-refractivity contribution in [2.45, 2.75) is 13.0 Å². The highest BCUT2D eigenvalue weighted by Gasteiger charge is 2.15. The molecule has 2 aromatic carbocycles. The summed E-state index contributed by atoms with van der Waals surface area (Å²) < 4.78 is 13.1. The van der Waals surface area contributed by atoms with Gasteiger partial charge in [-0.15, -0.1) is 0 Å². The van der Waals surface area contributed by atoms with Crippen LogP contribution in [-0.2, 0) is 16.1 Å². The minimum atomic E-state index is -0.566. The van der Waals surface area contributed by atoms with Crippen LogP contribution in [0.25, 0.3) is 0 Å². The van der Waals surface area contributed by atoms with Gasteiger partial charge in [-0.25, -0.2) is 4.39 Å². The molecule has 6 heteroatoms.